The zero-order valence-corrected chi connectivity index (χ0v) is 24.7. The van der Waals surface area contributed by atoms with Crippen molar-refractivity contribution in [3.63, 3.8) is 0 Å². The van der Waals surface area contributed by atoms with Gasteiger partial charge in [-0.05, 0) is 60.4 Å². The van der Waals surface area contributed by atoms with Crippen molar-refractivity contribution in [2.75, 3.05) is 13.7 Å². The number of esters is 1. The van der Waals surface area contributed by atoms with Crippen LogP contribution >= 0.6 is 0 Å². The summed E-state index contributed by atoms with van der Waals surface area (Å²) in [7, 11) is 3.60. The Labute approximate surface area is 251 Å². The molecule has 0 amide bonds. The molecule has 222 valence electrons. The Morgan fingerprint density at radius 2 is 1.47 bits per heavy atom. The lowest BCUT2D eigenvalue weighted by atomic mass is 10.1. The van der Waals surface area contributed by atoms with Crippen molar-refractivity contribution < 1.29 is 28.5 Å². The lowest BCUT2D eigenvalue weighted by Gasteiger charge is -2.15. The zero-order valence-electron chi connectivity index (χ0n) is 24.7. The van der Waals surface area contributed by atoms with E-state index in [-0.39, 0.29) is 19.0 Å². The SMILES string of the molecule is CCOC(=O)CCc1ccc(OCc2nc3ccc(OC)cc3n2C)cc1OCc1ccc(OCc2ccccc2)cc1. The molecule has 0 aliphatic carbocycles. The lowest BCUT2D eigenvalue weighted by Crippen LogP contribution is -2.07. The third-order valence-electron chi connectivity index (χ3n) is 7.06. The van der Waals surface area contributed by atoms with Crippen molar-refractivity contribution in [1.29, 1.82) is 0 Å². The van der Waals surface area contributed by atoms with Crippen LogP contribution in [0.4, 0.5) is 0 Å². The summed E-state index contributed by atoms with van der Waals surface area (Å²) in [6.07, 6.45) is 0.758. The number of hydrogen-bond acceptors (Lipinski definition) is 7. The maximum Gasteiger partial charge on any atom is 0.306 e. The number of aromatic nitrogens is 2. The number of carbonyl (C=O) groups is 1. The number of methoxy groups -OCH3 is 1. The van der Waals surface area contributed by atoms with Crippen LogP contribution in [0.3, 0.4) is 0 Å². The average Bonchev–Trinajstić information content (AvgIpc) is 3.36. The van der Waals surface area contributed by atoms with E-state index in [9.17, 15) is 4.79 Å². The van der Waals surface area contributed by atoms with E-state index in [4.69, 9.17) is 28.7 Å². The standard InChI is InChI=1S/C35H36N2O6/c1-4-40-35(38)19-13-27-12-16-30(42-24-34-36-31-18-17-29(39-3)20-32(31)37(34)2)21-33(27)43-23-26-10-14-28(15-11-26)41-22-25-8-6-5-7-9-25/h5-12,14-18,20-21H,4,13,19,22-24H2,1-3H3. The minimum Gasteiger partial charge on any atom is -0.497 e. The normalized spacial score (nSPS) is 10.9. The Hall–Kier alpha value is -4.98. The monoisotopic (exact) mass is 580 g/mol. The molecule has 0 aliphatic rings. The van der Waals surface area contributed by atoms with E-state index in [0.29, 0.717) is 37.7 Å². The maximum atomic E-state index is 12.0. The number of aryl methyl sites for hydroxylation is 2. The largest absolute Gasteiger partial charge is 0.497 e. The van der Waals surface area contributed by atoms with E-state index < -0.39 is 0 Å². The zero-order chi connectivity index (χ0) is 30.0. The first-order valence-electron chi connectivity index (χ1n) is 14.3. The highest BCUT2D eigenvalue weighted by Crippen LogP contribution is 2.29. The van der Waals surface area contributed by atoms with Gasteiger partial charge in [-0.1, -0.05) is 48.5 Å². The lowest BCUT2D eigenvalue weighted by molar-refractivity contribution is -0.143. The second-order valence-corrected chi connectivity index (χ2v) is 10.0. The molecule has 0 atom stereocenters. The van der Waals surface area contributed by atoms with Crippen LogP contribution in [0.25, 0.3) is 11.0 Å². The molecule has 0 unspecified atom stereocenters. The number of imidazole rings is 1. The third-order valence-corrected chi connectivity index (χ3v) is 7.06. The van der Waals surface area contributed by atoms with Crippen molar-refractivity contribution in [3.8, 4) is 23.0 Å². The highest BCUT2D eigenvalue weighted by molar-refractivity contribution is 5.77. The molecule has 4 aromatic carbocycles. The van der Waals surface area contributed by atoms with E-state index >= 15 is 0 Å². The molecule has 1 aromatic heterocycles. The van der Waals surface area contributed by atoms with Crippen molar-refractivity contribution in [2.24, 2.45) is 7.05 Å². The molecule has 5 aromatic rings. The van der Waals surface area contributed by atoms with Crippen LogP contribution < -0.4 is 18.9 Å². The Morgan fingerprint density at radius 1 is 0.767 bits per heavy atom. The summed E-state index contributed by atoms with van der Waals surface area (Å²) in [5.74, 6) is 3.41. The second-order valence-electron chi connectivity index (χ2n) is 10.0. The first-order chi connectivity index (χ1) is 21.0. The van der Waals surface area contributed by atoms with E-state index in [1.807, 2.05) is 103 Å². The molecule has 43 heavy (non-hydrogen) atoms. The van der Waals surface area contributed by atoms with Gasteiger partial charge < -0.3 is 28.3 Å². The molecule has 0 bridgehead atoms. The number of nitrogens with zero attached hydrogens (tertiary/aromatic N) is 2. The quantitative estimate of drug-likeness (QED) is 0.133. The summed E-state index contributed by atoms with van der Waals surface area (Å²) in [6, 6.07) is 29.4. The fourth-order valence-corrected chi connectivity index (χ4v) is 4.64. The van der Waals surface area contributed by atoms with E-state index in [0.717, 1.165) is 45.0 Å². The molecular weight excluding hydrogens is 544 g/mol. The van der Waals surface area contributed by atoms with Crippen LogP contribution in [0.15, 0.2) is 91.0 Å². The first kappa shape index (κ1) is 29.5. The van der Waals surface area contributed by atoms with Gasteiger partial charge in [-0.3, -0.25) is 4.79 Å². The molecule has 0 N–H and O–H groups in total. The summed E-state index contributed by atoms with van der Waals surface area (Å²) in [5.41, 5.74) is 4.84. The number of hydrogen-bond donors (Lipinski definition) is 0. The highest BCUT2D eigenvalue weighted by atomic mass is 16.5. The number of carbonyl (C=O) groups excluding carboxylic acids is 1. The maximum absolute atomic E-state index is 12.0. The highest BCUT2D eigenvalue weighted by Gasteiger charge is 2.13. The van der Waals surface area contributed by atoms with Crippen molar-refractivity contribution >= 4 is 17.0 Å². The predicted octanol–water partition coefficient (Wildman–Crippen LogP) is 6.81. The van der Waals surface area contributed by atoms with E-state index in [1.165, 1.54) is 0 Å². The number of rotatable bonds is 14. The van der Waals surface area contributed by atoms with Crippen LogP contribution in [-0.2, 0) is 42.8 Å². The molecule has 1 heterocycles. The van der Waals surface area contributed by atoms with Crippen molar-refractivity contribution in [2.45, 2.75) is 39.6 Å². The molecule has 8 nitrogen and oxygen atoms in total. The third kappa shape index (κ3) is 7.86. The Morgan fingerprint density at radius 3 is 2.23 bits per heavy atom. The number of fused-ring (bicyclic) bond motifs is 1. The van der Waals surface area contributed by atoms with Gasteiger partial charge in [0.2, 0.25) is 0 Å². The Bertz CT molecular complexity index is 1650. The van der Waals surface area contributed by atoms with Crippen LogP contribution in [0.2, 0.25) is 0 Å². The Kier molecular flexibility index (Phi) is 9.79. The summed E-state index contributed by atoms with van der Waals surface area (Å²) >= 11 is 0. The van der Waals surface area contributed by atoms with Crippen molar-refractivity contribution in [1.82, 2.24) is 9.55 Å². The van der Waals surface area contributed by atoms with Crippen molar-refractivity contribution in [3.05, 3.63) is 114 Å². The second kappa shape index (κ2) is 14.3. The molecular formula is C35H36N2O6. The minimum absolute atomic E-state index is 0.238. The predicted molar refractivity (Wildman–Crippen MR) is 165 cm³/mol. The molecule has 0 fully saturated rings. The van der Waals surface area contributed by atoms with Gasteiger partial charge in [-0.15, -0.1) is 0 Å². The molecule has 0 radical (unpaired) electrons. The van der Waals surface area contributed by atoms with Crippen LogP contribution in [0.1, 0.15) is 35.9 Å². The molecule has 0 saturated heterocycles. The summed E-state index contributed by atoms with van der Waals surface area (Å²) in [5, 5.41) is 0. The topological polar surface area (TPSA) is 81.0 Å². The summed E-state index contributed by atoms with van der Waals surface area (Å²) < 4.78 is 30.8. The molecule has 5 rings (SSSR count). The van der Waals surface area contributed by atoms with Gasteiger partial charge >= 0.3 is 5.97 Å². The summed E-state index contributed by atoms with van der Waals surface area (Å²) in [6.45, 7) is 3.30. The fraction of sp³-hybridized carbons (Fsp3) is 0.257. The molecule has 0 saturated carbocycles. The van der Waals surface area contributed by atoms with Crippen LogP contribution in [-0.4, -0.2) is 29.2 Å². The van der Waals surface area contributed by atoms with E-state index in [2.05, 4.69) is 0 Å². The Balaban J connectivity index is 1.26. The fourth-order valence-electron chi connectivity index (χ4n) is 4.64. The molecule has 8 heteroatoms. The van der Waals surface area contributed by atoms with Gasteiger partial charge in [0.25, 0.3) is 0 Å². The van der Waals surface area contributed by atoms with Gasteiger partial charge in [-0.25, -0.2) is 4.98 Å². The molecule has 0 aliphatic heterocycles. The summed E-state index contributed by atoms with van der Waals surface area (Å²) in [4.78, 5) is 16.8. The molecule has 0 spiro atoms. The first-order valence-corrected chi connectivity index (χ1v) is 14.3. The van der Waals surface area contributed by atoms with Gasteiger partial charge in [0.15, 0.2) is 0 Å². The van der Waals surface area contributed by atoms with Gasteiger partial charge in [0.1, 0.15) is 48.6 Å². The van der Waals surface area contributed by atoms with Gasteiger partial charge in [-0.2, -0.15) is 0 Å². The number of benzene rings is 4. The average molecular weight is 581 g/mol. The van der Waals surface area contributed by atoms with E-state index in [1.54, 1.807) is 14.0 Å². The van der Waals surface area contributed by atoms with Crippen LogP contribution in [0.5, 0.6) is 23.0 Å². The van der Waals surface area contributed by atoms with Gasteiger partial charge in [0, 0.05) is 25.6 Å². The smallest absolute Gasteiger partial charge is 0.306 e. The van der Waals surface area contributed by atoms with Crippen LogP contribution in [0, 0.1) is 0 Å². The minimum atomic E-state index is -0.238. The number of ether oxygens (including phenoxy) is 5. The van der Waals surface area contributed by atoms with Gasteiger partial charge in [0.05, 0.1) is 24.8 Å².